The minimum atomic E-state index is -3.64. The van der Waals surface area contributed by atoms with Crippen LogP contribution in [0.5, 0.6) is 0 Å². The molecule has 162 valence electrons. The van der Waals surface area contributed by atoms with Gasteiger partial charge in [-0.15, -0.1) is 5.10 Å². The molecule has 1 aliphatic rings. The molecule has 1 fully saturated rings. The number of sulfonamides is 1. The first-order valence-electron chi connectivity index (χ1n) is 9.13. The van der Waals surface area contributed by atoms with Gasteiger partial charge in [-0.2, -0.15) is 4.31 Å². The van der Waals surface area contributed by atoms with E-state index in [2.05, 4.69) is 15.5 Å². The van der Waals surface area contributed by atoms with E-state index in [9.17, 15) is 13.2 Å². The van der Waals surface area contributed by atoms with E-state index in [0.717, 1.165) is 0 Å². The van der Waals surface area contributed by atoms with E-state index in [-0.39, 0.29) is 22.4 Å². The number of ether oxygens (including phenoxy) is 1. The number of aromatic nitrogens is 2. The van der Waals surface area contributed by atoms with E-state index in [1.165, 1.54) is 34.6 Å². The first-order chi connectivity index (χ1) is 14.8. The van der Waals surface area contributed by atoms with Crippen LogP contribution in [0.2, 0.25) is 10.0 Å². The van der Waals surface area contributed by atoms with Gasteiger partial charge in [0.2, 0.25) is 10.0 Å². The summed E-state index contributed by atoms with van der Waals surface area (Å²) in [4.78, 5) is 12.6. The van der Waals surface area contributed by atoms with Gasteiger partial charge in [-0.25, -0.2) is 8.42 Å². The highest BCUT2D eigenvalue weighted by molar-refractivity contribution is 7.89. The Kier molecular flexibility index (Phi) is 6.26. The molecular formula is C19H16Cl2N4O5S. The lowest BCUT2D eigenvalue weighted by atomic mass is 10.2. The van der Waals surface area contributed by atoms with Crippen LogP contribution >= 0.6 is 23.2 Å². The number of halogens is 2. The number of morpholine rings is 1. The summed E-state index contributed by atoms with van der Waals surface area (Å²) in [6.07, 6.45) is 0. The molecule has 0 atom stereocenters. The maximum absolute atomic E-state index is 12.7. The third-order valence-corrected chi connectivity index (χ3v) is 6.99. The van der Waals surface area contributed by atoms with E-state index < -0.39 is 15.9 Å². The van der Waals surface area contributed by atoms with Gasteiger partial charge in [0.15, 0.2) is 0 Å². The minimum Gasteiger partial charge on any atom is -0.403 e. The van der Waals surface area contributed by atoms with Gasteiger partial charge >= 0.3 is 6.01 Å². The first kappa shape index (κ1) is 21.7. The predicted octanol–water partition coefficient (Wildman–Crippen LogP) is 3.32. The number of hydrogen-bond donors (Lipinski definition) is 1. The van der Waals surface area contributed by atoms with Crippen molar-refractivity contribution < 1.29 is 22.4 Å². The van der Waals surface area contributed by atoms with Crippen molar-refractivity contribution in [2.24, 2.45) is 0 Å². The first-order valence-corrected chi connectivity index (χ1v) is 11.3. The summed E-state index contributed by atoms with van der Waals surface area (Å²) < 4.78 is 37.3. The maximum Gasteiger partial charge on any atom is 0.322 e. The summed E-state index contributed by atoms with van der Waals surface area (Å²) in [6, 6.07) is 10.2. The van der Waals surface area contributed by atoms with Gasteiger partial charge in [0.25, 0.3) is 11.8 Å². The van der Waals surface area contributed by atoms with Gasteiger partial charge in [-0.1, -0.05) is 28.3 Å². The van der Waals surface area contributed by atoms with Crippen molar-refractivity contribution in [3.63, 3.8) is 0 Å². The van der Waals surface area contributed by atoms with Gasteiger partial charge < -0.3 is 9.15 Å². The average molecular weight is 483 g/mol. The van der Waals surface area contributed by atoms with Crippen molar-refractivity contribution in [1.82, 2.24) is 14.5 Å². The molecule has 1 saturated heterocycles. The van der Waals surface area contributed by atoms with Crippen molar-refractivity contribution in [2.75, 3.05) is 31.6 Å². The Morgan fingerprint density at radius 3 is 2.42 bits per heavy atom. The molecule has 0 radical (unpaired) electrons. The van der Waals surface area contributed by atoms with Gasteiger partial charge in [-0.05, 0) is 42.5 Å². The lowest BCUT2D eigenvalue weighted by Crippen LogP contribution is -2.40. The summed E-state index contributed by atoms with van der Waals surface area (Å²) in [5.74, 6) is -0.420. The van der Waals surface area contributed by atoms with Crippen LogP contribution in [0.3, 0.4) is 0 Å². The zero-order valence-corrected chi connectivity index (χ0v) is 18.2. The smallest absolute Gasteiger partial charge is 0.322 e. The monoisotopic (exact) mass is 482 g/mol. The molecule has 31 heavy (non-hydrogen) atoms. The molecule has 1 aliphatic heterocycles. The summed E-state index contributed by atoms with van der Waals surface area (Å²) >= 11 is 12.0. The Morgan fingerprint density at radius 2 is 1.74 bits per heavy atom. The summed E-state index contributed by atoms with van der Waals surface area (Å²) in [6.45, 7) is 1.30. The van der Waals surface area contributed by atoms with Crippen LogP contribution in [0.25, 0.3) is 11.5 Å². The Bertz CT molecular complexity index is 1210. The van der Waals surface area contributed by atoms with Crippen LogP contribution in [0, 0.1) is 0 Å². The summed E-state index contributed by atoms with van der Waals surface area (Å²) in [7, 11) is -3.64. The minimum absolute atomic E-state index is 0.100. The standard InChI is InChI=1S/C19H16Cl2N4O5S/c20-13-3-6-15(16(21)11-13)18-23-24-19(30-18)22-17(26)12-1-4-14(5-2-12)31(27,28)25-7-9-29-10-8-25/h1-6,11H,7-10H2,(H,22,24,26). The molecule has 0 bridgehead atoms. The topological polar surface area (TPSA) is 115 Å². The highest BCUT2D eigenvalue weighted by Gasteiger charge is 2.26. The number of hydrogen-bond acceptors (Lipinski definition) is 7. The Hall–Kier alpha value is -2.50. The lowest BCUT2D eigenvalue weighted by Gasteiger charge is -2.26. The molecule has 9 nitrogen and oxygen atoms in total. The number of benzene rings is 2. The quantitative estimate of drug-likeness (QED) is 0.592. The molecule has 1 amide bonds. The van der Waals surface area contributed by atoms with Crippen LogP contribution in [0.1, 0.15) is 10.4 Å². The fraction of sp³-hybridized carbons (Fsp3) is 0.211. The molecule has 0 spiro atoms. The number of rotatable bonds is 5. The van der Waals surface area contributed by atoms with E-state index in [4.69, 9.17) is 32.4 Å². The molecule has 2 heterocycles. The number of nitrogens with one attached hydrogen (secondary N) is 1. The maximum atomic E-state index is 12.7. The number of anilines is 1. The van der Waals surface area contributed by atoms with E-state index >= 15 is 0 Å². The zero-order chi connectivity index (χ0) is 22.0. The highest BCUT2D eigenvalue weighted by Crippen LogP contribution is 2.30. The molecule has 0 unspecified atom stereocenters. The van der Waals surface area contributed by atoms with Crippen LogP contribution in [-0.4, -0.2) is 55.1 Å². The van der Waals surface area contributed by atoms with Crippen molar-refractivity contribution in [3.05, 3.63) is 58.1 Å². The van der Waals surface area contributed by atoms with E-state index in [0.29, 0.717) is 41.9 Å². The fourth-order valence-electron chi connectivity index (χ4n) is 2.93. The van der Waals surface area contributed by atoms with Crippen molar-refractivity contribution in [1.29, 1.82) is 0 Å². The van der Waals surface area contributed by atoms with Crippen molar-refractivity contribution in [2.45, 2.75) is 4.90 Å². The largest absolute Gasteiger partial charge is 0.403 e. The Morgan fingerprint density at radius 1 is 1.03 bits per heavy atom. The van der Waals surface area contributed by atoms with Crippen LogP contribution in [0.15, 0.2) is 51.8 Å². The van der Waals surface area contributed by atoms with Crippen LogP contribution < -0.4 is 5.32 Å². The number of nitrogens with zero attached hydrogens (tertiary/aromatic N) is 3. The summed E-state index contributed by atoms with van der Waals surface area (Å²) in [5.41, 5.74) is 0.696. The van der Waals surface area contributed by atoms with Crippen LogP contribution in [-0.2, 0) is 14.8 Å². The third-order valence-electron chi connectivity index (χ3n) is 4.53. The number of carbonyl (C=O) groups excluding carboxylic acids is 1. The van der Waals surface area contributed by atoms with Crippen molar-refractivity contribution >= 4 is 45.1 Å². The zero-order valence-electron chi connectivity index (χ0n) is 15.9. The van der Waals surface area contributed by atoms with Gasteiger partial charge in [0.1, 0.15) is 0 Å². The second kappa shape index (κ2) is 8.93. The fourth-order valence-corrected chi connectivity index (χ4v) is 4.83. The SMILES string of the molecule is O=C(Nc1nnc(-c2ccc(Cl)cc2Cl)o1)c1ccc(S(=O)(=O)N2CCOCC2)cc1. The Balaban J connectivity index is 1.46. The molecule has 4 rings (SSSR count). The highest BCUT2D eigenvalue weighted by atomic mass is 35.5. The normalized spacial score (nSPS) is 15.0. The van der Waals surface area contributed by atoms with Gasteiger partial charge in [-0.3, -0.25) is 10.1 Å². The summed E-state index contributed by atoms with van der Waals surface area (Å²) in [5, 5.41) is 10.9. The Labute approximate surface area is 188 Å². The molecular weight excluding hydrogens is 467 g/mol. The molecule has 12 heteroatoms. The van der Waals surface area contributed by atoms with E-state index in [1.54, 1.807) is 12.1 Å². The second-order valence-electron chi connectivity index (χ2n) is 6.53. The van der Waals surface area contributed by atoms with Gasteiger partial charge in [0, 0.05) is 23.7 Å². The third kappa shape index (κ3) is 4.73. The molecule has 0 aliphatic carbocycles. The predicted molar refractivity (Wildman–Crippen MR) is 114 cm³/mol. The average Bonchev–Trinajstić information content (AvgIpc) is 3.22. The molecule has 3 aromatic rings. The molecule has 1 aromatic heterocycles. The molecule has 2 aromatic carbocycles. The lowest BCUT2D eigenvalue weighted by molar-refractivity contribution is 0.0730. The number of amides is 1. The second-order valence-corrected chi connectivity index (χ2v) is 9.31. The number of carbonyl (C=O) groups is 1. The van der Waals surface area contributed by atoms with Crippen molar-refractivity contribution in [3.8, 4) is 11.5 Å². The molecule has 1 N–H and O–H groups in total. The molecule has 0 saturated carbocycles. The van der Waals surface area contributed by atoms with Gasteiger partial charge in [0.05, 0.1) is 28.7 Å². The van der Waals surface area contributed by atoms with E-state index in [1.807, 2.05) is 0 Å². The van der Waals surface area contributed by atoms with Crippen LogP contribution in [0.4, 0.5) is 6.01 Å².